The van der Waals surface area contributed by atoms with Gasteiger partial charge in [0.25, 0.3) is 0 Å². The highest BCUT2D eigenvalue weighted by molar-refractivity contribution is 6.15. The van der Waals surface area contributed by atoms with Gasteiger partial charge in [0.15, 0.2) is 0 Å². The van der Waals surface area contributed by atoms with Crippen molar-refractivity contribution in [1.29, 1.82) is 0 Å². The predicted octanol–water partition coefficient (Wildman–Crippen LogP) is 21.5. The predicted molar refractivity (Wildman–Crippen MR) is 528 cm³/mol. The average molecular weight is 1820 g/mol. The molecule has 0 aliphatic heterocycles. The molecule has 134 heavy (non-hydrogen) atoms. The molecule has 10 aromatic carbocycles. The Balaban J connectivity index is 0.787. The molecular weight excluding hydrogens is 1690 g/mol. The Hall–Kier alpha value is -13.0. The number of carbonyl (C=O) groups excluding carboxylic acids is 6. The summed E-state index contributed by atoms with van der Waals surface area (Å²) in [6.07, 6.45) is 11.0. The maximum absolute atomic E-state index is 15.0. The third-order valence-corrected chi connectivity index (χ3v) is 25.8. The van der Waals surface area contributed by atoms with Crippen molar-refractivity contribution in [2.24, 2.45) is 11.8 Å². The van der Waals surface area contributed by atoms with E-state index in [4.69, 9.17) is 37.9 Å². The van der Waals surface area contributed by atoms with Crippen LogP contribution in [0.3, 0.4) is 0 Å². The molecule has 0 saturated heterocycles. The molecule has 3 aliphatic rings. The first-order valence-electron chi connectivity index (χ1n) is 47.2. The summed E-state index contributed by atoms with van der Waals surface area (Å²) in [5.74, 6) is -4.35. The molecule has 22 nitrogen and oxygen atoms in total. The highest BCUT2D eigenvalue weighted by Crippen LogP contribution is 2.46. The molecule has 0 heterocycles. The van der Waals surface area contributed by atoms with Gasteiger partial charge in [0.1, 0.15) is 69.3 Å². The van der Waals surface area contributed by atoms with Crippen LogP contribution in [0.25, 0.3) is 0 Å². The number of ether oxygens (including phenoxy) is 8. The van der Waals surface area contributed by atoms with Crippen LogP contribution in [0, 0.1) is 11.8 Å². The van der Waals surface area contributed by atoms with Gasteiger partial charge in [-0.05, 0) is 247 Å². The Labute approximate surface area is 790 Å². The summed E-state index contributed by atoms with van der Waals surface area (Å²) in [6, 6.07) is 58.1. The number of rotatable bonds is 32. The molecule has 0 spiro atoms. The summed E-state index contributed by atoms with van der Waals surface area (Å²) < 4.78 is 49.0. The summed E-state index contributed by atoms with van der Waals surface area (Å²) in [5.41, 5.74) is 11.5. The smallest absolute Gasteiger partial charge is 0.238 e. The molecule has 3 aliphatic carbocycles. The van der Waals surface area contributed by atoms with Gasteiger partial charge in [0.2, 0.25) is 35.4 Å². The highest BCUT2D eigenvalue weighted by Gasteiger charge is 2.44. The van der Waals surface area contributed by atoms with Crippen molar-refractivity contribution < 1.29 is 76.9 Å². The standard InChI is InChI=1S/C112H134N6O16/c1-109(2,3)79-61-71-57-75-65-81(111(7,8)9)67-77(101(75)133-55-23-53-131-93-41-29-69(30-42-93)95(103(121)113-83-25-19-17-20-26-83)97(105(123)115-85-33-45-89(127-13)46-34-85)106(124)116-86-35-47-90(128-14)48-36-86)59-73-63-80(110(4,5)6)64-74(100(73)120)60-78-68-82(112(10,11)12)66-76(58-72(62-79)99(71)119)102(78)134-56-24-54-132-94-43-31-70(32-44-94)96(104(122)114-84-27-21-18-22-28-84)98(107(125)117-87-37-49-91(129-15)50-38-87)108(126)118-88-39-51-92(130-16)52-40-88/h29-52,61-68,83-84,95-98,119-120H,17-28,53-60H2,1-16H3,(H,113,121)(H,114,122)(H,115,123)(H,116,124)(H,117,125)(H,118,126). The molecule has 0 radical (unpaired) electrons. The lowest BCUT2D eigenvalue weighted by Gasteiger charge is -2.29. The number of anilines is 4. The summed E-state index contributed by atoms with van der Waals surface area (Å²) in [7, 11) is 6.20. The molecule has 6 amide bonds. The third kappa shape index (κ3) is 25.5. The topological polar surface area (TPSA) is 289 Å². The number of hydrogen-bond donors (Lipinski definition) is 8. The molecule has 708 valence electrons. The highest BCUT2D eigenvalue weighted by atomic mass is 16.5. The molecule has 10 aromatic rings. The molecule has 2 saturated carbocycles. The van der Waals surface area contributed by atoms with Gasteiger partial charge in [0, 0.05) is 73.4 Å². The number of aromatic hydroxyl groups is 2. The van der Waals surface area contributed by atoms with Crippen molar-refractivity contribution in [1.82, 2.24) is 10.6 Å². The van der Waals surface area contributed by atoms with Crippen molar-refractivity contribution in [3.63, 3.8) is 0 Å². The Morgan fingerprint density at radius 1 is 0.299 bits per heavy atom. The van der Waals surface area contributed by atoms with E-state index in [1.54, 1.807) is 174 Å². The maximum atomic E-state index is 15.0. The molecule has 2 unspecified atom stereocenters. The third-order valence-electron chi connectivity index (χ3n) is 25.8. The Morgan fingerprint density at radius 3 is 0.754 bits per heavy atom. The number of fused-ring (bicyclic) bond motifs is 8. The van der Waals surface area contributed by atoms with Gasteiger partial charge in [-0.1, -0.05) is 194 Å². The van der Waals surface area contributed by atoms with Crippen LogP contribution >= 0.6 is 0 Å². The second kappa shape index (κ2) is 43.8. The minimum Gasteiger partial charge on any atom is -0.507 e. The molecule has 8 bridgehead atoms. The van der Waals surface area contributed by atoms with Crippen molar-refractivity contribution in [2.45, 2.75) is 231 Å². The fourth-order valence-electron chi connectivity index (χ4n) is 17.9. The zero-order valence-electron chi connectivity index (χ0n) is 80.7. The van der Waals surface area contributed by atoms with Crippen LogP contribution in [0.1, 0.15) is 250 Å². The van der Waals surface area contributed by atoms with Gasteiger partial charge in [-0.2, -0.15) is 0 Å². The van der Waals surface area contributed by atoms with Crippen LogP contribution in [0.15, 0.2) is 194 Å². The molecule has 8 N–H and O–H groups in total. The zero-order valence-corrected chi connectivity index (χ0v) is 80.7. The van der Waals surface area contributed by atoms with Crippen LogP contribution < -0.4 is 69.8 Å². The van der Waals surface area contributed by atoms with Gasteiger partial charge in [-0.25, -0.2) is 0 Å². The van der Waals surface area contributed by atoms with E-state index in [2.05, 4.69) is 164 Å². The van der Waals surface area contributed by atoms with E-state index in [9.17, 15) is 29.4 Å². The first-order valence-corrected chi connectivity index (χ1v) is 47.2. The van der Waals surface area contributed by atoms with Gasteiger partial charge in [-0.3, -0.25) is 28.8 Å². The van der Waals surface area contributed by atoms with E-state index in [1.165, 1.54) is 0 Å². The first-order chi connectivity index (χ1) is 64.0. The number of nitrogens with one attached hydrogen (secondary N) is 6. The minimum absolute atomic E-state index is 0.133. The number of carbonyl (C=O) groups is 6. The van der Waals surface area contributed by atoms with Gasteiger partial charge >= 0.3 is 0 Å². The van der Waals surface area contributed by atoms with Gasteiger partial charge in [-0.15, -0.1) is 0 Å². The van der Waals surface area contributed by atoms with E-state index in [1.807, 2.05) is 0 Å². The van der Waals surface area contributed by atoms with Crippen LogP contribution in [-0.2, 0) is 76.1 Å². The number of hydrogen-bond acceptors (Lipinski definition) is 16. The monoisotopic (exact) mass is 1820 g/mol. The van der Waals surface area contributed by atoms with E-state index >= 15 is 9.59 Å². The fourth-order valence-corrected chi connectivity index (χ4v) is 17.9. The number of amides is 6. The molecule has 2 fully saturated rings. The first kappa shape index (κ1) is 98.5. The molecule has 22 heteroatoms. The van der Waals surface area contributed by atoms with Crippen molar-refractivity contribution in [3.05, 3.63) is 272 Å². The summed E-state index contributed by atoms with van der Waals surface area (Å²) >= 11 is 0. The van der Waals surface area contributed by atoms with Crippen molar-refractivity contribution in [2.75, 3.05) is 76.1 Å². The average Bonchev–Trinajstić information content (AvgIpc) is 0.779. The Bertz CT molecular complexity index is 5160. The second-order valence-corrected chi connectivity index (χ2v) is 39.9. The summed E-state index contributed by atoms with van der Waals surface area (Å²) in [4.78, 5) is 89.4. The van der Waals surface area contributed by atoms with Gasteiger partial charge < -0.3 is 80.0 Å². The summed E-state index contributed by atoms with van der Waals surface area (Å²) in [5, 5.41) is 44.7. The fraction of sp³-hybridized carbons (Fsp3) is 0.411. The zero-order chi connectivity index (χ0) is 95.8. The second-order valence-electron chi connectivity index (χ2n) is 39.9. The number of phenolic OH excluding ortho intramolecular Hbond substituents is 2. The van der Waals surface area contributed by atoms with E-state index in [0.717, 1.165) is 109 Å². The Kier molecular flexibility index (Phi) is 32.2. The van der Waals surface area contributed by atoms with Crippen LogP contribution in [0.2, 0.25) is 0 Å². The van der Waals surface area contributed by atoms with Crippen molar-refractivity contribution in [3.8, 4) is 57.5 Å². The van der Waals surface area contributed by atoms with Crippen LogP contribution in [0.5, 0.6) is 57.5 Å². The van der Waals surface area contributed by atoms with E-state index in [0.29, 0.717) is 115 Å². The molecule has 2 atom stereocenters. The van der Waals surface area contributed by atoms with Crippen molar-refractivity contribution >= 4 is 58.2 Å². The van der Waals surface area contributed by atoms with E-state index in [-0.39, 0.29) is 97.4 Å². The lowest BCUT2D eigenvalue weighted by Crippen LogP contribution is -2.47. The minimum atomic E-state index is -1.55. The quantitative estimate of drug-likeness (QED) is 0.0144. The SMILES string of the molecule is COc1ccc(NC(=O)C(C(=O)Nc2ccc(OC)cc2)C(C(=O)NC2CCCCC2)c2ccc(OCCCOc3c4cc(C(C)(C)C)cc3Cc3cc(C(C)(C)C)cc(c3O)Cc3cc(C(C)(C)C)cc(c3OCCCOc3ccc(C(C(=O)NC5CCCCC5)C(C(=O)Nc5ccc(OC)cc5)C(=O)Nc5ccc(OC)cc5)cc3)Cc3cc(C(C)(C)C)cc(c3O)C4)cc2)cc1. The lowest BCUT2D eigenvalue weighted by molar-refractivity contribution is -0.136. The largest absolute Gasteiger partial charge is 0.507 e. The summed E-state index contributed by atoms with van der Waals surface area (Å²) in [6.45, 7) is 27.1. The molecular formula is C112H134N6O16. The molecule has 13 rings (SSSR count). The maximum Gasteiger partial charge on any atom is 0.238 e. The molecule has 0 aromatic heterocycles. The normalized spacial score (nSPS) is 14.3. The number of benzene rings is 10. The lowest BCUT2D eigenvalue weighted by atomic mass is 9.79. The number of methoxy groups -OCH3 is 4. The van der Waals surface area contributed by atoms with Crippen LogP contribution in [0.4, 0.5) is 22.7 Å². The number of phenols is 2. The Morgan fingerprint density at radius 2 is 0.522 bits per heavy atom. The van der Waals surface area contributed by atoms with E-state index < -0.39 is 59.1 Å². The van der Waals surface area contributed by atoms with Gasteiger partial charge in [0.05, 0.1) is 66.7 Å². The van der Waals surface area contributed by atoms with Crippen LogP contribution in [-0.4, -0.2) is 113 Å².